The van der Waals surface area contributed by atoms with E-state index in [1.54, 1.807) is 0 Å². The molecule has 42 heavy (non-hydrogen) atoms. The van der Waals surface area contributed by atoms with Crippen molar-refractivity contribution >= 4 is 33.4 Å². The molecule has 0 bridgehead atoms. The first-order chi connectivity index (χ1) is 20.0. The van der Waals surface area contributed by atoms with Gasteiger partial charge in [-0.05, 0) is 81.0 Å². The van der Waals surface area contributed by atoms with Crippen molar-refractivity contribution in [3.63, 3.8) is 0 Å². The van der Waals surface area contributed by atoms with Gasteiger partial charge < -0.3 is 10.2 Å². The van der Waals surface area contributed by atoms with Gasteiger partial charge in [-0.25, -0.2) is 12.8 Å². The molecule has 0 aromatic heterocycles. The van der Waals surface area contributed by atoms with Gasteiger partial charge in [0, 0.05) is 68.4 Å². The maximum absolute atomic E-state index is 13.5. The van der Waals surface area contributed by atoms with Crippen LogP contribution >= 0.6 is 0 Å². The molecule has 0 unspecified atom stereocenters. The maximum atomic E-state index is 13.5. The lowest BCUT2D eigenvalue weighted by Gasteiger charge is -2.36. The summed E-state index contributed by atoms with van der Waals surface area (Å²) in [7, 11) is -3.19. The third kappa shape index (κ3) is 7.07. The van der Waals surface area contributed by atoms with E-state index in [2.05, 4.69) is 38.3 Å². The van der Waals surface area contributed by atoms with Crippen LogP contribution in [0, 0.1) is 11.7 Å². The van der Waals surface area contributed by atoms with E-state index in [1.807, 2.05) is 13.8 Å². The Kier molecular flexibility index (Phi) is 9.10. The summed E-state index contributed by atoms with van der Waals surface area (Å²) in [5, 5.41) is 3.04. The monoisotopic (exact) mass is 597 g/mol. The first kappa shape index (κ1) is 30.3. The van der Waals surface area contributed by atoms with Crippen molar-refractivity contribution in [1.29, 1.82) is 0 Å². The highest BCUT2D eigenvalue weighted by Crippen LogP contribution is 2.38. The second-order valence-electron chi connectivity index (χ2n) is 12.0. The number of hydrogen-bond acceptors (Lipinski definition) is 5. The van der Waals surface area contributed by atoms with Gasteiger partial charge in [0.1, 0.15) is 11.7 Å². The maximum Gasteiger partial charge on any atom is 0.278 e. The molecule has 1 aliphatic carbocycles. The second-order valence-corrected chi connectivity index (χ2v) is 13.9. The fraction of sp³-hybridized carbons (Fsp3) is 0.516. The van der Waals surface area contributed by atoms with Crippen molar-refractivity contribution in [3.8, 4) is 0 Å². The molecule has 2 fully saturated rings. The minimum absolute atomic E-state index is 0.0242. The zero-order chi connectivity index (χ0) is 30.0. The molecule has 3 aliphatic rings. The smallest absolute Gasteiger partial charge is 0.278 e. The number of aliphatic imine (C=N–C) groups is 1. The fourth-order valence-electron chi connectivity index (χ4n) is 6.23. The van der Waals surface area contributed by atoms with Gasteiger partial charge in [0.05, 0.1) is 6.26 Å². The number of rotatable bonds is 7. The Morgan fingerprint density at radius 1 is 1.00 bits per heavy atom. The summed E-state index contributed by atoms with van der Waals surface area (Å²) in [6.07, 6.45) is 4.90. The topological polar surface area (TPSA) is 102 Å². The Hall–Kier alpha value is -3.15. The Bertz CT molecular complexity index is 1440. The molecule has 1 N–H and O–H groups in total. The summed E-state index contributed by atoms with van der Waals surface area (Å²) in [4.78, 5) is 34.8. The SMILES string of the molecule is CC(C)NC(=O)C1CCC(N2C(=NC(=O)c3ccc(F)cc3)Cc3ccc(CN4CCN(S(C)(=O)=O)CC4)cc32)CC1. The van der Waals surface area contributed by atoms with Gasteiger partial charge >= 0.3 is 0 Å². The highest BCUT2D eigenvalue weighted by atomic mass is 32.2. The lowest BCUT2D eigenvalue weighted by Crippen LogP contribution is -2.47. The molecule has 9 nitrogen and oxygen atoms in total. The van der Waals surface area contributed by atoms with Crippen LogP contribution in [0.1, 0.15) is 61.0 Å². The predicted molar refractivity (Wildman–Crippen MR) is 162 cm³/mol. The Labute approximate surface area is 247 Å². The number of amidine groups is 1. The van der Waals surface area contributed by atoms with Gasteiger partial charge in [0.2, 0.25) is 15.9 Å². The van der Waals surface area contributed by atoms with Gasteiger partial charge in [-0.2, -0.15) is 9.30 Å². The van der Waals surface area contributed by atoms with Gasteiger partial charge in [0.15, 0.2) is 0 Å². The number of sulfonamides is 1. The third-order valence-corrected chi connectivity index (χ3v) is 9.73. The number of nitrogens with zero attached hydrogens (tertiary/aromatic N) is 4. The molecule has 1 saturated carbocycles. The van der Waals surface area contributed by atoms with Crippen LogP contribution in [0.2, 0.25) is 0 Å². The van der Waals surface area contributed by atoms with Gasteiger partial charge in [-0.3, -0.25) is 14.5 Å². The zero-order valence-corrected chi connectivity index (χ0v) is 25.4. The summed E-state index contributed by atoms with van der Waals surface area (Å²) in [6, 6.07) is 12.0. The van der Waals surface area contributed by atoms with E-state index in [4.69, 9.17) is 0 Å². The average Bonchev–Trinajstić information content (AvgIpc) is 3.30. The highest BCUT2D eigenvalue weighted by molar-refractivity contribution is 7.88. The molecule has 1 saturated heterocycles. The molecule has 0 spiro atoms. The quantitative estimate of drug-likeness (QED) is 0.524. The standard InChI is InChI=1S/C31H40FN5O4S/c1-21(2)33-30(38)24-8-12-27(13-9-24)37-28-18-22(20-35-14-16-36(17-15-35)42(3,40)41)4-5-25(28)19-29(37)34-31(39)23-6-10-26(32)11-7-23/h4-7,10-11,18,21,24,27H,8-9,12-17,19-20H2,1-3H3,(H,33,38). The van der Waals surface area contributed by atoms with Crippen LogP contribution in [0.25, 0.3) is 0 Å². The summed E-state index contributed by atoms with van der Waals surface area (Å²) in [6.45, 7) is 6.91. The Balaban J connectivity index is 1.37. The Morgan fingerprint density at radius 2 is 1.67 bits per heavy atom. The van der Waals surface area contributed by atoms with E-state index < -0.39 is 21.7 Å². The van der Waals surface area contributed by atoms with Crippen molar-refractivity contribution < 1.29 is 22.4 Å². The van der Waals surface area contributed by atoms with Gasteiger partial charge in [-0.15, -0.1) is 0 Å². The van der Waals surface area contributed by atoms with Crippen LogP contribution in [-0.4, -0.2) is 79.8 Å². The largest absolute Gasteiger partial charge is 0.354 e. The van der Waals surface area contributed by atoms with E-state index in [0.717, 1.165) is 42.5 Å². The average molecular weight is 598 g/mol. The molecule has 5 rings (SSSR count). The number of anilines is 1. The number of carbonyl (C=O) groups excluding carboxylic acids is 2. The number of amides is 2. The van der Waals surface area contributed by atoms with Crippen LogP contribution in [-0.2, 0) is 27.8 Å². The van der Waals surface area contributed by atoms with Crippen LogP contribution in [0.15, 0.2) is 47.5 Å². The van der Waals surface area contributed by atoms with Crippen molar-refractivity contribution in [2.45, 2.75) is 64.6 Å². The fourth-order valence-corrected chi connectivity index (χ4v) is 7.05. The molecular formula is C31H40FN5O4S. The third-order valence-electron chi connectivity index (χ3n) is 8.43. The lowest BCUT2D eigenvalue weighted by molar-refractivity contribution is -0.126. The summed E-state index contributed by atoms with van der Waals surface area (Å²) >= 11 is 0. The van der Waals surface area contributed by atoms with Crippen molar-refractivity contribution in [2.24, 2.45) is 10.9 Å². The van der Waals surface area contributed by atoms with Crippen molar-refractivity contribution in [3.05, 3.63) is 65.0 Å². The minimum Gasteiger partial charge on any atom is -0.354 e. The molecule has 0 radical (unpaired) electrons. The number of halogens is 1. The van der Waals surface area contributed by atoms with E-state index in [1.165, 1.54) is 34.8 Å². The molecule has 11 heteroatoms. The van der Waals surface area contributed by atoms with Crippen molar-refractivity contribution in [1.82, 2.24) is 14.5 Å². The van der Waals surface area contributed by atoms with Crippen LogP contribution in [0.5, 0.6) is 0 Å². The van der Waals surface area contributed by atoms with Crippen LogP contribution < -0.4 is 10.2 Å². The molecule has 2 aromatic carbocycles. The van der Waals surface area contributed by atoms with Gasteiger partial charge in [0.25, 0.3) is 5.91 Å². The molecular weight excluding hydrogens is 557 g/mol. The molecule has 2 amide bonds. The molecule has 226 valence electrons. The molecule has 2 aliphatic heterocycles. The highest BCUT2D eigenvalue weighted by Gasteiger charge is 2.36. The number of hydrogen-bond donors (Lipinski definition) is 1. The van der Waals surface area contributed by atoms with E-state index >= 15 is 0 Å². The summed E-state index contributed by atoms with van der Waals surface area (Å²) in [5.74, 6) is -0.0597. The number of carbonyl (C=O) groups is 2. The number of piperazine rings is 1. The molecule has 2 aromatic rings. The first-order valence-electron chi connectivity index (χ1n) is 14.7. The predicted octanol–water partition coefficient (Wildman–Crippen LogP) is 3.59. The van der Waals surface area contributed by atoms with Crippen LogP contribution in [0.3, 0.4) is 0 Å². The molecule has 0 atom stereocenters. The van der Waals surface area contributed by atoms with Gasteiger partial charge in [-0.1, -0.05) is 12.1 Å². The number of nitrogens with one attached hydrogen (secondary N) is 1. The minimum atomic E-state index is -3.19. The van der Waals surface area contributed by atoms with E-state index in [-0.39, 0.29) is 23.9 Å². The lowest BCUT2D eigenvalue weighted by atomic mass is 9.84. The van der Waals surface area contributed by atoms with E-state index in [0.29, 0.717) is 50.5 Å². The van der Waals surface area contributed by atoms with Crippen molar-refractivity contribution in [2.75, 3.05) is 37.3 Å². The first-order valence-corrected chi connectivity index (χ1v) is 16.6. The van der Waals surface area contributed by atoms with Crippen LogP contribution in [0.4, 0.5) is 10.1 Å². The normalized spacial score (nSPS) is 22.9. The molecule has 2 heterocycles. The second kappa shape index (κ2) is 12.6. The Morgan fingerprint density at radius 3 is 2.29 bits per heavy atom. The zero-order valence-electron chi connectivity index (χ0n) is 24.6. The number of benzene rings is 2. The summed E-state index contributed by atoms with van der Waals surface area (Å²) < 4.78 is 38.8. The summed E-state index contributed by atoms with van der Waals surface area (Å²) in [5.41, 5.74) is 3.57. The van der Waals surface area contributed by atoms with E-state index in [9.17, 15) is 22.4 Å². The number of fused-ring (bicyclic) bond motifs is 1.